The molecule has 0 fully saturated rings. The van der Waals surface area contributed by atoms with Crippen LogP contribution in [0.5, 0.6) is 5.75 Å². The van der Waals surface area contributed by atoms with E-state index in [0.29, 0.717) is 11.1 Å². The number of nitrogens with zero attached hydrogens (tertiary/aromatic N) is 2. The van der Waals surface area contributed by atoms with Crippen LogP contribution in [0.1, 0.15) is 16.7 Å². The lowest BCUT2D eigenvalue weighted by Crippen LogP contribution is -2.16. The molecular formula is C20H11F3N4O2. The monoisotopic (exact) mass is 396 g/mol. The molecule has 1 heterocycles. The highest BCUT2D eigenvalue weighted by atomic mass is 19.2. The van der Waals surface area contributed by atoms with Gasteiger partial charge in [0.15, 0.2) is 17.4 Å². The SMILES string of the molecule is N#Cc1c(N)[nH]c(=O)c(C#N)c1-c1cccc(COc2ccc(F)c(F)c2F)c1. The van der Waals surface area contributed by atoms with Crippen molar-refractivity contribution in [1.29, 1.82) is 10.5 Å². The smallest absolute Gasteiger partial charge is 0.268 e. The number of nitrogens with two attached hydrogens (primary N) is 1. The van der Waals surface area contributed by atoms with Gasteiger partial charge in [-0.2, -0.15) is 14.9 Å². The van der Waals surface area contributed by atoms with Crippen molar-refractivity contribution in [2.75, 3.05) is 5.73 Å². The molecule has 0 saturated carbocycles. The van der Waals surface area contributed by atoms with Crippen LogP contribution in [0.2, 0.25) is 0 Å². The number of H-pyrrole nitrogens is 1. The molecule has 6 nitrogen and oxygen atoms in total. The number of aromatic nitrogens is 1. The Kier molecular flexibility index (Phi) is 5.24. The largest absolute Gasteiger partial charge is 0.486 e. The summed E-state index contributed by atoms with van der Waals surface area (Å²) in [5.74, 6) is -5.10. The van der Waals surface area contributed by atoms with Gasteiger partial charge in [0.25, 0.3) is 5.56 Å². The van der Waals surface area contributed by atoms with E-state index in [1.165, 1.54) is 6.07 Å². The summed E-state index contributed by atoms with van der Waals surface area (Å²) in [4.78, 5) is 14.3. The van der Waals surface area contributed by atoms with E-state index in [2.05, 4.69) is 4.98 Å². The van der Waals surface area contributed by atoms with Gasteiger partial charge in [0, 0.05) is 5.56 Å². The average molecular weight is 396 g/mol. The van der Waals surface area contributed by atoms with E-state index >= 15 is 0 Å². The second-order valence-electron chi connectivity index (χ2n) is 5.88. The fourth-order valence-corrected chi connectivity index (χ4v) is 2.73. The molecule has 2 aromatic carbocycles. The van der Waals surface area contributed by atoms with Gasteiger partial charge in [-0.15, -0.1) is 0 Å². The Labute approximate surface area is 162 Å². The van der Waals surface area contributed by atoms with Crippen LogP contribution in [0, 0.1) is 40.1 Å². The summed E-state index contributed by atoms with van der Waals surface area (Å²) in [5.41, 5.74) is 5.42. The molecule has 3 aromatic rings. The normalized spacial score (nSPS) is 10.2. The first-order valence-corrected chi connectivity index (χ1v) is 8.09. The van der Waals surface area contributed by atoms with Gasteiger partial charge in [0.2, 0.25) is 5.82 Å². The number of benzene rings is 2. The van der Waals surface area contributed by atoms with E-state index in [1.807, 2.05) is 6.07 Å². The fourth-order valence-electron chi connectivity index (χ4n) is 2.73. The molecule has 0 saturated heterocycles. The van der Waals surface area contributed by atoms with Crippen molar-refractivity contribution < 1.29 is 17.9 Å². The molecule has 0 bridgehead atoms. The van der Waals surface area contributed by atoms with Crippen molar-refractivity contribution in [3.8, 4) is 29.0 Å². The van der Waals surface area contributed by atoms with E-state index in [9.17, 15) is 28.5 Å². The summed E-state index contributed by atoms with van der Waals surface area (Å²) in [6.45, 7) is -0.224. The minimum absolute atomic E-state index is 0.0529. The fraction of sp³-hybridized carbons (Fsp3) is 0.0500. The number of halogens is 3. The number of nitrogen functional groups attached to an aromatic ring is 1. The van der Waals surface area contributed by atoms with E-state index in [0.717, 1.165) is 12.1 Å². The van der Waals surface area contributed by atoms with Crippen LogP contribution in [0.4, 0.5) is 19.0 Å². The summed E-state index contributed by atoms with van der Waals surface area (Å²) in [7, 11) is 0. The van der Waals surface area contributed by atoms with Crippen LogP contribution in [0.15, 0.2) is 41.2 Å². The zero-order valence-electron chi connectivity index (χ0n) is 14.6. The molecule has 0 unspecified atom stereocenters. The number of rotatable bonds is 4. The predicted molar refractivity (Wildman–Crippen MR) is 97.0 cm³/mol. The first-order valence-electron chi connectivity index (χ1n) is 8.09. The first kappa shape index (κ1) is 19.5. The predicted octanol–water partition coefficient (Wildman–Crippen LogP) is 3.36. The van der Waals surface area contributed by atoms with Gasteiger partial charge < -0.3 is 15.5 Å². The van der Waals surface area contributed by atoms with Gasteiger partial charge in [-0.25, -0.2) is 8.78 Å². The summed E-state index contributed by atoms with van der Waals surface area (Å²) in [6.07, 6.45) is 0. The standard InChI is InChI=1S/C20H11F3N4O2/c21-14-4-5-15(18(23)17(14)22)29-9-10-2-1-3-11(6-10)16-12(7-24)19(26)27-20(28)13(16)8-25/h1-6H,9H2,(H3,26,27,28). The van der Waals surface area contributed by atoms with Crippen molar-refractivity contribution >= 4 is 5.82 Å². The maximum Gasteiger partial charge on any atom is 0.268 e. The molecule has 0 atom stereocenters. The van der Waals surface area contributed by atoms with Crippen molar-refractivity contribution in [3.05, 3.63) is 80.9 Å². The Morgan fingerprint density at radius 1 is 1.03 bits per heavy atom. The van der Waals surface area contributed by atoms with Crippen molar-refractivity contribution in [2.45, 2.75) is 6.61 Å². The lowest BCUT2D eigenvalue weighted by Gasteiger charge is -2.11. The topological polar surface area (TPSA) is 116 Å². The number of hydrogen-bond acceptors (Lipinski definition) is 5. The third kappa shape index (κ3) is 3.62. The number of pyridine rings is 1. The van der Waals surface area contributed by atoms with Gasteiger partial charge in [-0.1, -0.05) is 18.2 Å². The molecule has 0 aliphatic heterocycles. The van der Waals surface area contributed by atoms with Crippen LogP contribution in [0.25, 0.3) is 11.1 Å². The van der Waals surface area contributed by atoms with Crippen LogP contribution >= 0.6 is 0 Å². The first-order chi connectivity index (χ1) is 13.9. The summed E-state index contributed by atoms with van der Waals surface area (Å²) >= 11 is 0. The van der Waals surface area contributed by atoms with Crippen LogP contribution in [0.3, 0.4) is 0 Å². The lowest BCUT2D eigenvalue weighted by molar-refractivity contribution is 0.281. The van der Waals surface area contributed by atoms with E-state index in [-0.39, 0.29) is 29.1 Å². The Hall–Kier alpha value is -4.24. The molecule has 0 aliphatic rings. The maximum absolute atomic E-state index is 13.7. The zero-order valence-corrected chi connectivity index (χ0v) is 14.6. The second kappa shape index (κ2) is 7.79. The minimum atomic E-state index is -1.65. The average Bonchev–Trinajstić information content (AvgIpc) is 2.71. The van der Waals surface area contributed by atoms with E-state index in [4.69, 9.17) is 10.5 Å². The third-order valence-electron chi connectivity index (χ3n) is 4.08. The Morgan fingerprint density at radius 2 is 1.76 bits per heavy atom. The quantitative estimate of drug-likeness (QED) is 0.656. The summed E-state index contributed by atoms with van der Waals surface area (Å²) < 4.78 is 45.3. The third-order valence-corrected chi connectivity index (χ3v) is 4.08. The molecule has 0 spiro atoms. The van der Waals surface area contributed by atoms with Crippen LogP contribution < -0.4 is 16.0 Å². The zero-order chi connectivity index (χ0) is 21.1. The van der Waals surface area contributed by atoms with Gasteiger partial charge >= 0.3 is 0 Å². The summed E-state index contributed by atoms with van der Waals surface area (Å²) in [6, 6.07) is 11.5. The van der Waals surface area contributed by atoms with Crippen LogP contribution in [-0.4, -0.2) is 4.98 Å². The van der Waals surface area contributed by atoms with Gasteiger partial charge in [-0.3, -0.25) is 4.79 Å². The number of aromatic amines is 1. The number of nitriles is 2. The molecule has 0 amide bonds. The van der Waals surface area contributed by atoms with Crippen molar-refractivity contribution in [3.63, 3.8) is 0 Å². The van der Waals surface area contributed by atoms with Crippen LogP contribution in [-0.2, 0) is 6.61 Å². The molecule has 0 aliphatic carbocycles. The van der Waals surface area contributed by atoms with E-state index in [1.54, 1.807) is 24.3 Å². The molecule has 9 heteroatoms. The highest BCUT2D eigenvalue weighted by Crippen LogP contribution is 2.29. The Bertz CT molecular complexity index is 1260. The summed E-state index contributed by atoms with van der Waals surface area (Å²) in [5, 5.41) is 18.7. The molecular weight excluding hydrogens is 385 g/mol. The number of hydrogen-bond donors (Lipinski definition) is 2. The van der Waals surface area contributed by atoms with Gasteiger partial charge in [0.05, 0.1) is 0 Å². The molecule has 3 rings (SSSR count). The molecule has 3 N–H and O–H groups in total. The lowest BCUT2D eigenvalue weighted by atomic mass is 9.95. The number of nitrogens with one attached hydrogen (secondary N) is 1. The van der Waals surface area contributed by atoms with Gasteiger partial charge in [-0.05, 0) is 29.3 Å². The van der Waals surface area contributed by atoms with Crippen molar-refractivity contribution in [1.82, 2.24) is 4.98 Å². The van der Waals surface area contributed by atoms with Crippen molar-refractivity contribution in [2.24, 2.45) is 0 Å². The molecule has 144 valence electrons. The molecule has 1 aromatic heterocycles. The Balaban J connectivity index is 2.00. The minimum Gasteiger partial charge on any atom is -0.486 e. The molecule has 29 heavy (non-hydrogen) atoms. The molecule has 0 radical (unpaired) electrons. The maximum atomic E-state index is 13.7. The highest BCUT2D eigenvalue weighted by Gasteiger charge is 2.19. The van der Waals surface area contributed by atoms with E-state index < -0.39 is 28.8 Å². The van der Waals surface area contributed by atoms with Gasteiger partial charge in [0.1, 0.15) is 35.7 Å². The number of ether oxygens (including phenoxy) is 1. The highest BCUT2D eigenvalue weighted by molar-refractivity contribution is 5.80. The second-order valence-corrected chi connectivity index (χ2v) is 5.88. The number of anilines is 1. The Morgan fingerprint density at radius 3 is 2.45 bits per heavy atom.